The van der Waals surface area contributed by atoms with Gasteiger partial charge in [0.05, 0.1) is 7.11 Å². The molecule has 5 nitrogen and oxygen atoms in total. The van der Waals surface area contributed by atoms with Gasteiger partial charge in [0.1, 0.15) is 5.75 Å². The molecule has 17 heavy (non-hydrogen) atoms. The van der Waals surface area contributed by atoms with Crippen LogP contribution >= 0.6 is 0 Å². The highest BCUT2D eigenvalue weighted by molar-refractivity contribution is 5.93. The maximum absolute atomic E-state index is 11.2. The monoisotopic (exact) mass is 235 g/mol. The van der Waals surface area contributed by atoms with Gasteiger partial charge in [-0.1, -0.05) is 12.1 Å². The normalized spacial score (nSPS) is 10.2. The number of carbonyl (C=O) groups excluding carboxylic acids is 1. The number of methoxy groups -OCH3 is 1. The van der Waals surface area contributed by atoms with E-state index in [0.29, 0.717) is 6.54 Å². The summed E-state index contributed by atoms with van der Waals surface area (Å²) in [6.07, 6.45) is 1.77. The summed E-state index contributed by atoms with van der Waals surface area (Å²) in [5.41, 5.74) is 0.905. The Morgan fingerprint density at radius 3 is 2.47 bits per heavy atom. The third kappa shape index (κ3) is 4.83. The quantitative estimate of drug-likeness (QED) is 0.745. The van der Waals surface area contributed by atoms with E-state index in [-0.39, 0.29) is 0 Å². The van der Waals surface area contributed by atoms with Gasteiger partial charge in [0.25, 0.3) is 0 Å². The Bertz CT molecular complexity index is 423. The molecule has 2 N–H and O–H groups in total. The number of carboxylic acids is 1. The van der Waals surface area contributed by atoms with Crippen LogP contribution in [0.15, 0.2) is 36.4 Å². The predicted octanol–water partition coefficient (Wildman–Crippen LogP) is 0.952. The van der Waals surface area contributed by atoms with Gasteiger partial charge in [-0.2, -0.15) is 0 Å². The molecule has 0 unspecified atom stereocenters. The second kappa shape index (κ2) is 6.32. The van der Waals surface area contributed by atoms with Crippen LogP contribution in [-0.4, -0.2) is 24.1 Å². The van der Waals surface area contributed by atoms with Gasteiger partial charge in [-0.25, -0.2) is 4.79 Å². The molecule has 1 amide bonds. The Balaban J connectivity index is 2.44. The predicted molar refractivity (Wildman–Crippen MR) is 61.6 cm³/mol. The highest BCUT2D eigenvalue weighted by Crippen LogP contribution is 2.10. The summed E-state index contributed by atoms with van der Waals surface area (Å²) in [5.74, 6) is -0.848. The fraction of sp³-hybridized carbons (Fsp3) is 0.167. The Hall–Kier alpha value is -2.30. The number of carbonyl (C=O) groups is 2. The number of amides is 1. The van der Waals surface area contributed by atoms with Crippen LogP contribution in [0.3, 0.4) is 0 Å². The lowest BCUT2D eigenvalue weighted by Crippen LogP contribution is -2.20. The minimum atomic E-state index is -1.15. The Morgan fingerprint density at radius 2 is 1.94 bits per heavy atom. The van der Waals surface area contributed by atoms with E-state index in [9.17, 15) is 9.59 Å². The first-order chi connectivity index (χ1) is 8.11. The standard InChI is InChI=1S/C12H13NO4/c1-17-10-4-2-9(3-5-10)8-13-11(14)6-7-12(15)16/h2-7H,8H2,1H3,(H,13,14)(H,15,16)/b7-6-. The maximum atomic E-state index is 11.2. The molecule has 0 radical (unpaired) electrons. The zero-order valence-electron chi connectivity index (χ0n) is 9.34. The third-order valence-corrected chi connectivity index (χ3v) is 2.00. The van der Waals surface area contributed by atoms with Crippen LogP contribution in [0.25, 0.3) is 0 Å². The Morgan fingerprint density at radius 1 is 1.29 bits per heavy atom. The first-order valence-corrected chi connectivity index (χ1v) is 4.93. The van der Waals surface area contributed by atoms with Crippen molar-refractivity contribution in [3.8, 4) is 5.75 Å². The van der Waals surface area contributed by atoms with E-state index in [0.717, 1.165) is 23.5 Å². The zero-order valence-corrected chi connectivity index (χ0v) is 9.34. The van der Waals surface area contributed by atoms with Crippen molar-refractivity contribution in [2.24, 2.45) is 0 Å². The summed E-state index contributed by atoms with van der Waals surface area (Å²) in [7, 11) is 1.58. The van der Waals surface area contributed by atoms with Crippen molar-refractivity contribution in [1.82, 2.24) is 5.32 Å². The minimum Gasteiger partial charge on any atom is -0.497 e. The molecular weight excluding hydrogens is 222 g/mol. The van der Waals surface area contributed by atoms with Gasteiger partial charge in [0.2, 0.25) is 5.91 Å². The second-order valence-electron chi connectivity index (χ2n) is 3.24. The first-order valence-electron chi connectivity index (χ1n) is 4.93. The van der Waals surface area contributed by atoms with Crippen molar-refractivity contribution in [2.75, 3.05) is 7.11 Å². The highest BCUT2D eigenvalue weighted by Gasteiger charge is 1.98. The lowest BCUT2D eigenvalue weighted by molar-refractivity contribution is -0.131. The van der Waals surface area contributed by atoms with E-state index < -0.39 is 11.9 Å². The van der Waals surface area contributed by atoms with Gasteiger partial charge in [-0.15, -0.1) is 0 Å². The van der Waals surface area contributed by atoms with Gasteiger partial charge < -0.3 is 15.2 Å². The van der Waals surface area contributed by atoms with Crippen LogP contribution in [0.4, 0.5) is 0 Å². The number of hydrogen-bond acceptors (Lipinski definition) is 3. The van der Waals surface area contributed by atoms with Crippen LogP contribution in [0.1, 0.15) is 5.56 Å². The van der Waals surface area contributed by atoms with Crippen molar-refractivity contribution >= 4 is 11.9 Å². The fourth-order valence-electron chi connectivity index (χ4n) is 1.14. The second-order valence-corrected chi connectivity index (χ2v) is 3.24. The summed E-state index contributed by atoms with van der Waals surface area (Å²) < 4.78 is 5.00. The van der Waals surface area contributed by atoms with Crippen LogP contribution in [0.2, 0.25) is 0 Å². The molecular formula is C12H13NO4. The van der Waals surface area contributed by atoms with Crippen molar-refractivity contribution in [3.63, 3.8) is 0 Å². The average Bonchev–Trinajstić information content (AvgIpc) is 2.34. The Labute approximate surface area is 98.7 Å². The maximum Gasteiger partial charge on any atom is 0.328 e. The van der Waals surface area contributed by atoms with Crippen LogP contribution in [0, 0.1) is 0 Å². The van der Waals surface area contributed by atoms with Crippen molar-refractivity contribution < 1.29 is 19.4 Å². The number of rotatable bonds is 5. The molecule has 5 heteroatoms. The van der Waals surface area contributed by atoms with Gasteiger partial charge in [0, 0.05) is 18.7 Å². The molecule has 1 aromatic carbocycles. The lowest BCUT2D eigenvalue weighted by Gasteiger charge is -2.04. The van der Waals surface area contributed by atoms with Gasteiger partial charge in [-0.05, 0) is 17.7 Å². The smallest absolute Gasteiger partial charge is 0.328 e. The number of hydrogen-bond donors (Lipinski definition) is 2. The molecule has 1 rings (SSSR count). The van der Waals surface area contributed by atoms with E-state index in [1.807, 2.05) is 12.1 Å². The molecule has 0 bridgehead atoms. The van der Waals surface area contributed by atoms with Crippen LogP contribution in [-0.2, 0) is 16.1 Å². The molecule has 0 saturated heterocycles. The van der Waals surface area contributed by atoms with Crippen LogP contribution in [0.5, 0.6) is 5.75 Å². The molecule has 0 heterocycles. The summed E-state index contributed by atoms with van der Waals surface area (Å²) in [6, 6.07) is 7.21. The van der Waals surface area contributed by atoms with Gasteiger partial charge in [-0.3, -0.25) is 4.79 Å². The molecule has 0 spiro atoms. The van der Waals surface area contributed by atoms with Gasteiger partial charge >= 0.3 is 5.97 Å². The van der Waals surface area contributed by atoms with E-state index in [4.69, 9.17) is 9.84 Å². The van der Waals surface area contributed by atoms with E-state index in [1.165, 1.54) is 0 Å². The van der Waals surface area contributed by atoms with Crippen molar-refractivity contribution in [1.29, 1.82) is 0 Å². The lowest BCUT2D eigenvalue weighted by atomic mass is 10.2. The summed E-state index contributed by atoms with van der Waals surface area (Å²) in [5, 5.41) is 10.9. The number of benzene rings is 1. The van der Waals surface area contributed by atoms with E-state index in [2.05, 4.69) is 5.32 Å². The molecule has 0 fully saturated rings. The SMILES string of the molecule is COc1ccc(CNC(=O)/C=C\C(=O)O)cc1. The molecule has 0 atom stereocenters. The molecule has 0 aromatic heterocycles. The number of ether oxygens (including phenoxy) is 1. The summed E-state index contributed by atoms with van der Waals surface area (Å²) >= 11 is 0. The zero-order chi connectivity index (χ0) is 12.7. The molecule has 1 aromatic rings. The van der Waals surface area contributed by atoms with Gasteiger partial charge in [0.15, 0.2) is 0 Å². The van der Waals surface area contributed by atoms with Crippen molar-refractivity contribution in [3.05, 3.63) is 42.0 Å². The molecule has 0 aliphatic rings. The fourth-order valence-corrected chi connectivity index (χ4v) is 1.14. The van der Waals surface area contributed by atoms with E-state index in [1.54, 1.807) is 19.2 Å². The highest BCUT2D eigenvalue weighted by atomic mass is 16.5. The Kier molecular flexibility index (Phi) is 4.75. The molecule has 0 aliphatic heterocycles. The molecule has 0 saturated carbocycles. The largest absolute Gasteiger partial charge is 0.497 e. The summed E-state index contributed by atoms with van der Waals surface area (Å²) in [6.45, 7) is 0.340. The molecule has 90 valence electrons. The summed E-state index contributed by atoms with van der Waals surface area (Å²) in [4.78, 5) is 21.3. The molecule has 0 aliphatic carbocycles. The van der Waals surface area contributed by atoms with Crippen LogP contribution < -0.4 is 10.1 Å². The minimum absolute atomic E-state index is 0.340. The number of aliphatic carboxylic acids is 1. The third-order valence-electron chi connectivity index (χ3n) is 2.00. The van der Waals surface area contributed by atoms with E-state index >= 15 is 0 Å². The first kappa shape index (κ1) is 12.8. The number of nitrogens with one attached hydrogen (secondary N) is 1. The van der Waals surface area contributed by atoms with Crippen molar-refractivity contribution in [2.45, 2.75) is 6.54 Å². The topological polar surface area (TPSA) is 75.6 Å². The average molecular weight is 235 g/mol. The number of carboxylic acid groups (broad SMARTS) is 1.